The van der Waals surface area contributed by atoms with Crippen molar-refractivity contribution in [2.45, 2.75) is 19.0 Å². The van der Waals surface area contributed by atoms with Gasteiger partial charge < -0.3 is 11.1 Å². The van der Waals surface area contributed by atoms with Crippen LogP contribution in [0.4, 0.5) is 13.2 Å². The second kappa shape index (κ2) is 5.82. The molecule has 0 aromatic carbocycles. The topological polar surface area (TPSA) is 55.1 Å². The Balaban J connectivity index is 3.47. The normalized spacial score (nSPS) is 13.1. The molecule has 3 N–H and O–H groups in total. The summed E-state index contributed by atoms with van der Waals surface area (Å²) in [4.78, 5) is 10.6. The van der Waals surface area contributed by atoms with Crippen molar-refractivity contribution in [2.75, 3.05) is 13.1 Å². The van der Waals surface area contributed by atoms with Gasteiger partial charge in [-0.2, -0.15) is 0 Å². The molecule has 0 spiro atoms. The molecule has 0 bridgehead atoms. The molecule has 1 atom stereocenters. The molecule has 0 heterocycles. The molecule has 0 aliphatic heterocycles. The Morgan fingerprint density at radius 2 is 2.00 bits per heavy atom. The summed E-state index contributed by atoms with van der Waals surface area (Å²) >= 11 is 0. The third-order valence-electron chi connectivity index (χ3n) is 1.14. The number of nitrogens with two attached hydrogens (primary N) is 1. The zero-order valence-electron chi connectivity index (χ0n) is 6.40. The van der Waals surface area contributed by atoms with Crippen molar-refractivity contribution in [1.82, 2.24) is 5.32 Å². The van der Waals surface area contributed by atoms with Crippen LogP contribution in [0, 0.1) is 0 Å². The van der Waals surface area contributed by atoms with Crippen LogP contribution in [0.2, 0.25) is 0 Å². The van der Waals surface area contributed by atoms with Crippen molar-refractivity contribution < 1.29 is 18.0 Å². The minimum Gasteiger partial charge on any atom is -0.353 e. The Labute approximate surface area is 68.1 Å². The molecular formula is C6H11F3N2O. The number of halogens is 3. The summed E-state index contributed by atoms with van der Waals surface area (Å²) in [5.74, 6) is -0.513. The minimum atomic E-state index is -3.05. The predicted octanol–water partition coefficient (Wildman–Crippen LogP) is 0.0546. The fourth-order valence-corrected chi connectivity index (χ4v) is 0.520. The van der Waals surface area contributed by atoms with Gasteiger partial charge in [-0.3, -0.25) is 4.79 Å². The van der Waals surface area contributed by atoms with E-state index in [9.17, 15) is 18.0 Å². The molecule has 6 heteroatoms. The summed E-state index contributed by atoms with van der Waals surface area (Å²) < 4.78 is 35.2. The summed E-state index contributed by atoms with van der Waals surface area (Å²) in [7, 11) is 0. The van der Waals surface area contributed by atoms with Crippen molar-refractivity contribution in [1.29, 1.82) is 0 Å². The van der Waals surface area contributed by atoms with Crippen molar-refractivity contribution in [3.05, 3.63) is 0 Å². The van der Waals surface area contributed by atoms with Gasteiger partial charge in [-0.25, -0.2) is 13.2 Å². The second-order valence-electron chi connectivity index (χ2n) is 2.19. The van der Waals surface area contributed by atoms with E-state index in [0.717, 1.165) is 0 Å². The quantitative estimate of drug-likeness (QED) is 0.634. The summed E-state index contributed by atoms with van der Waals surface area (Å²) in [6.45, 7) is -0.534. The molecule has 0 radical (unpaired) electrons. The third-order valence-corrected chi connectivity index (χ3v) is 1.14. The maximum Gasteiger partial charge on any atom is 0.271 e. The van der Waals surface area contributed by atoms with Crippen LogP contribution in [0.1, 0.15) is 6.42 Å². The van der Waals surface area contributed by atoms with Crippen LogP contribution in [0.3, 0.4) is 0 Å². The fourth-order valence-electron chi connectivity index (χ4n) is 0.520. The van der Waals surface area contributed by atoms with Gasteiger partial charge in [-0.15, -0.1) is 0 Å². The standard InChI is InChI=1S/C6H11F3N2O/c7-4(6(8)9)3-11-5(12)1-2-10/h4,6H,1-3,10H2,(H,11,12). The zero-order valence-corrected chi connectivity index (χ0v) is 6.40. The smallest absolute Gasteiger partial charge is 0.271 e. The van der Waals surface area contributed by atoms with Gasteiger partial charge in [0.05, 0.1) is 6.54 Å². The van der Waals surface area contributed by atoms with Crippen LogP contribution in [0.25, 0.3) is 0 Å². The molecule has 0 fully saturated rings. The van der Waals surface area contributed by atoms with E-state index in [1.54, 1.807) is 0 Å². The molecule has 72 valence electrons. The maximum absolute atomic E-state index is 12.1. The minimum absolute atomic E-state index is 0.0238. The SMILES string of the molecule is NCCC(=O)NCC(F)C(F)F. The highest BCUT2D eigenvalue weighted by Gasteiger charge is 2.19. The summed E-state index contributed by atoms with van der Waals surface area (Å²) in [5.41, 5.74) is 4.99. The van der Waals surface area contributed by atoms with E-state index >= 15 is 0 Å². The molecule has 1 unspecified atom stereocenters. The summed E-state index contributed by atoms with van der Waals surface area (Å²) in [5, 5.41) is 1.99. The van der Waals surface area contributed by atoms with Crippen molar-refractivity contribution in [3.63, 3.8) is 0 Å². The Kier molecular flexibility index (Phi) is 5.44. The van der Waals surface area contributed by atoms with Crippen molar-refractivity contribution >= 4 is 5.91 Å². The number of rotatable bonds is 5. The van der Waals surface area contributed by atoms with Gasteiger partial charge >= 0.3 is 0 Å². The zero-order chi connectivity index (χ0) is 9.56. The molecule has 0 aromatic rings. The highest BCUT2D eigenvalue weighted by atomic mass is 19.3. The lowest BCUT2D eigenvalue weighted by Crippen LogP contribution is -2.34. The van der Waals surface area contributed by atoms with Gasteiger partial charge in [0.15, 0.2) is 6.17 Å². The van der Waals surface area contributed by atoms with E-state index in [4.69, 9.17) is 5.73 Å². The van der Waals surface area contributed by atoms with Crippen LogP contribution in [0.5, 0.6) is 0 Å². The van der Waals surface area contributed by atoms with Crippen LogP contribution in [0.15, 0.2) is 0 Å². The lowest BCUT2D eigenvalue weighted by Gasteiger charge is -2.07. The van der Waals surface area contributed by atoms with Gasteiger partial charge in [-0.05, 0) is 0 Å². The number of hydrogen-bond acceptors (Lipinski definition) is 2. The van der Waals surface area contributed by atoms with Crippen molar-refractivity contribution in [3.8, 4) is 0 Å². The molecule has 0 rings (SSSR count). The third kappa shape index (κ3) is 4.95. The Morgan fingerprint density at radius 1 is 1.42 bits per heavy atom. The summed E-state index contributed by atoms with van der Waals surface area (Å²) in [6.07, 6.45) is -5.33. The predicted molar refractivity (Wildman–Crippen MR) is 37.6 cm³/mol. The van der Waals surface area contributed by atoms with Crippen LogP contribution in [-0.2, 0) is 4.79 Å². The first-order valence-corrected chi connectivity index (χ1v) is 3.47. The number of hydrogen-bond donors (Lipinski definition) is 2. The maximum atomic E-state index is 12.1. The molecule has 0 aliphatic rings. The number of carbonyl (C=O) groups excluding carboxylic acids is 1. The monoisotopic (exact) mass is 184 g/mol. The van der Waals surface area contributed by atoms with E-state index in [0.29, 0.717) is 0 Å². The Hall–Kier alpha value is -0.780. The van der Waals surface area contributed by atoms with Gasteiger partial charge in [0.1, 0.15) is 0 Å². The number of alkyl halides is 3. The first-order chi connectivity index (χ1) is 5.57. The highest BCUT2D eigenvalue weighted by molar-refractivity contribution is 5.76. The molecule has 0 saturated carbocycles. The molecule has 0 aromatic heterocycles. The Bertz CT molecular complexity index is 143. The van der Waals surface area contributed by atoms with E-state index in [1.807, 2.05) is 5.32 Å². The van der Waals surface area contributed by atoms with Gasteiger partial charge in [0, 0.05) is 13.0 Å². The lowest BCUT2D eigenvalue weighted by atomic mass is 10.3. The Morgan fingerprint density at radius 3 is 2.42 bits per heavy atom. The average molecular weight is 184 g/mol. The average Bonchev–Trinajstić information content (AvgIpc) is 2.00. The van der Waals surface area contributed by atoms with E-state index in [2.05, 4.69) is 0 Å². The van der Waals surface area contributed by atoms with Crippen LogP contribution >= 0.6 is 0 Å². The molecule has 12 heavy (non-hydrogen) atoms. The van der Waals surface area contributed by atoms with Gasteiger partial charge in [-0.1, -0.05) is 0 Å². The molecule has 0 aliphatic carbocycles. The number of amides is 1. The fraction of sp³-hybridized carbons (Fsp3) is 0.833. The highest BCUT2D eigenvalue weighted by Crippen LogP contribution is 2.03. The van der Waals surface area contributed by atoms with Crippen LogP contribution in [-0.4, -0.2) is 31.6 Å². The van der Waals surface area contributed by atoms with Gasteiger partial charge in [0.25, 0.3) is 6.43 Å². The number of carbonyl (C=O) groups is 1. The van der Waals surface area contributed by atoms with E-state index < -0.39 is 25.0 Å². The molecule has 3 nitrogen and oxygen atoms in total. The lowest BCUT2D eigenvalue weighted by molar-refractivity contribution is -0.121. The summed E-state index contributed by atoms with van der Waals surface area (Å²) in [6, 6.07) is 0. The number of nitrogens with one attached hydrogen (secondary N) is 1. The molecule has 1 amide bonds. The largest absolute Gasteiger partial charge is 0.353 e. The first kappa shape index (κ1) is 11.2. The van der Waals surface area contributed by atoms with E-state index in [1.165, 1.54) is 0 Å². The van der Waals surface area contributed by atoms with Crippen LogP contribution < -0.4 is 11.1 Å². The molecular weight excluding hydrogens is 173 g/mol. The van der Waals surface area contributed by atoms with Crippen molar-refractivity contribution in [2.24, 2.45) is 5.73 Å². The van der Waals surface area contributed by atoms with E-state index in [-0.39, 0.29) is 13.0 Å². The molecule has 0 saturated heterocycles. The second-order valence-corrected chi connectivity index (χ2v) is 2.19. The van der Waals surface area contributed by atoms with Gasteiger partial charge in [0.2, 0.25) is 5.91 Å². The first-order valence-electron chi connectivity index (χ1n) is 3.47.